The molecule has 2 N–H and O–H groups in total. The molecule has 0 heterocycles. The molecule has 1 unspecified atom stereocenters. The first kappa shape index (κ1) is 15.3. The van der Waals surface area contributed by atoms with E-state index >= 15 is 0 Å². The highest BCUT2D eigenvalue weighted by Gasteiger charge is 2.38. The summed E-state index contributed by atoms with van der Waals surface area (Å²) in [5.41, 5.74) is 0.0978. The molecule has 0 aliphatic heterocycles. The minimum Gasteiger partial charge on any atom is -0.481 e. The average Bonchev–Trinajstić information content (AvgIpc) is 2.38. The zero-order chi connectivity index (χ0) is 14.8. The van der Waals surface area contributed by atoms with Crippen LogP contribution in [0.15, 0.2) is 0 Å². The van der Waals surface area contributed by atoms with Gasteiger partial charge in [0, 0.05) is 12.0 Å². The standard InChI is InChI=1S/C16H27NO3/c1-16(2)10-4-3-5-13(16)14(18)17-12-8-6-11(7-9-12)15(19)20/h11-13H,3-10H2,1-2H3,(H,17,18)(H,19,20). The van der Waals surface area contributed by atoms with Crippen molar-refractivity contribution in [3.8, 4) is 0 Å². The summed E-state index contributed by atoms with van der Waals surface area (Å²) in [5, 5.41) is 12.2. The van der Waals surface area contributed by atoms with E-state index in [0.29, 0.717) is 12.8 Å². The predicted molar refractivity (Wildman–Crippen MR) is 77.3 cm³/mol. The van der Waals surface area contributed by atoms with Crippen LogP contribution < -0.4 is 5.32 Å². The number of nitrogens with one attached hydrogen (secondary N) is 1. The van der Waals surface area contributed by atoms with Crippen LogP contribution in [0.25, 0.3) is 0 Å². The SMILES string of the molecule is CC1(C)CCCCC1C(=O)NC1CCC(C(=O)O)CC1. The number of hydrogen-bond acceptors (Lipinski definition) is 2. The largest absolute Gasteiger partial charge is 0.481 e. The van der Waals surface area contributed by atoms with E-state index in [2.05, 4.69) is 19.2 Å². The fourth-order valence-corrected chi connectivity index (χ4v) is 3.77. The molecule has 2 rings (SSSR count). The Morgan fingerprint density at radius 3 is 2.25 bits per heavy atom. The van der Waals surface area contributed by atoms with E-state index in [-0.39, 0.29) is 29.2 Å². The topological polar surface area (TPSA) is 66.4 Å². The number of carbonyl (C=O) groups excluding carboxylic acids is 1. The number of amides is 1. The Kier molecular flexibility index (Phi) is 4.71. The highest BCUT2D eigenvalue weighted by Crippen LogP contribution is 2.40. The van der Waals surface area contributed by atoms with Gasteiger partial charge in [0.05, 0.1) is 5.92 Å². The maximum absolute atomic E-state index is 12.5. The van der Waals surface area contributed by atoms with Crippen molar-refractivity contribution in [1.82, 2.24) is 5.32 Å². The summed E-state index contributed by atoms with van der Waals surface area (Å²) < 4.78 is 0. The second-order valence-electron chi connectivity index (χ2n) is 7.18. The molecule has 0 saturated heterocycles. The minimum atomic E-state index is -0.691. The van der Waals surface area contributed by atoms with Crippen molar-refractivity contribution in [2.75, 3.05) is 0 Å². The molecule has 0 aromatic rings. The van der Waals surface area contributed by atoms with Crippen molar-refractivity contribution in [2.45, 2.75) is 71.3 Å². The van der Waals surface area contributed by atoms with Gasteiger partial charge in [-0.1, -0.05) is 26.7 Å². The predicted octanol–water partition coefficient (Wildman–Crippen LogP) is 2.96. The third-order valence-electron chi connectivity index (χ3n) is 5.25. The van der Waals surface area contributed by atoms with E-state index in [1.807, 2.05) is 0 Å². The van der Waals surface area contributed by atoms with E-state index in [9.17, 15) is 9.59 Å². The van der Waals surface area contributed by atoms with Crippen molar-refractivity contribution < 1.29 is 14.7 Å². The fourth-order valence-electron chi connectivity index (χ4n) is 3.77. The highest BCUT2D eigenvalue weighted by molar-refractivity contribution is 5.80. The van der Waals surface area contributed by atoms with Crippen molar-refractivity contribution >= 4 is 11.9 Å². The summed E-state index contributed by atoms with van der Waals surface area (Å²) in [4.78, 5) is 23.4. The lowest BCUT2D eigenvalue weighted by Gasteiger charge is -2.38. The third kappa shape index (κ3) is 3.53. The van der Waals surface area contributed by atoms with E-state index in [1.165, 1.54) is 6.42 Å². The maximum Gasteiger partial charge on any atom is 0.306 e. The summed E-state index contributed by atoms with van der Waals surface area (Å²) >= 11 is 0. The Hall–Kier alpha value is -1.06. The first-order valence-electron chi connectivity index (χ1n) is 7.93. The number of hydrogen-bond donors (Lipinski definition) is 2. The van der Waals surface area contributed by atoms with Gasteiger partial charge in [-0.05, 0) is 43.9 Å². The Bertz CT molecular complexity index is 370. The molecular weight excluding hydrogens is 254 g/mol. The normalized spacial score (nSPS) is 33.4. The average molecular weight is 281 g/mol. The molecule has 114 valence electrons. The van der Waals surface area contributed by atoms with Crippen LogP contribution in [0.2, 0.25) is 0 Å². The Morgan fingerprint density at radius 2 is 1.70 bits per heavy atom. The number of carboxylic acids is 1. The van der Waals surface area contributed by atoms with Gasteiger partial charge in [0.2, 0.25) is 5.91 Å². The van der Waals surface area contributed by atoms with Gasteiger partial charge in [0.15, 0.2) is 0 Å². The van der Waals surface area contributed by atoms with Gasteiger partial charge in [-0.15, -0.1) is 0 Å². The zero-order valence-electron chi connectivity index (χ0n) is 12.7. The van der Waals surface area contributed by atoms with Gasteiger partial charge in [0.1, 0.15) is 0 Å². The highest BCUT2D eigenvalue weighted by atomic mass is 16.4. The lowest BCUT2D eigenvalue weighted by atomic mass is 9.68. The monoisotopic (exact) mass is 281 g/mol. The number of aliphatic carboxylic acids is 1. The van der Waals surface area contributed by atoms with Crippen LogP contribution in [-0.2, 0) is 9.59 Å². The summed E-state index contributed by atoms with van der Waals surface area (Å²) in [5.74, 6) is -0.598. The van der Waals surface area contributed by atoms with Gasteiger partial charge in [-0.2, -0.15) is 0 Å². The van der Waals surface area contributed by atoms with Crippen molar-refractivity contribution in [1.29, 1.82) is 0 Å². The fraction of sp³-hybridized carbons (Fsp3) is 0.875. The summed E-state index contributed by atoms with van der Waals surface area (Å²) in [6, 6.07) is 0.177. The molecule has 4 nitrogen and oxygen atoms in total. The van der Waals surface area contributed by atoms with Crippen LogP contribution >= 0.6 is 0 Å². The molecular formula is C16H27NO3. The molecule has 0 radical (unpaired) electrons. The van der Waals surface area contributed by atoms with Gasteiger partial charge in [-0.25, -0.2) is 0 Å². The number of carbonyl (C=O) groups is 2. The molecule has 0 spiro atoms. The molecule has 2 fully saturated rings. The van der Waals surface area contributed by atoms with Crippen molar-refractivity contribution in [2.24, 2.45) is 17.3 Å². The van der Waals surface area contributed by atoms with E-state index < -0.39 is 5.97 Å². The summed E-state index contributed by atoms with van der Waals surface area (Å²) in [6.45, 7) is 4.38. The second kappa shape index (κ2) is 6.15. The molecule has 20 heavy (non-hydrogen) atoms. The third-order valence-corrected chi connectivity index (χ3v) is 5.25. The molecule has 2 aliphatic rings. The molecule has 1 atom stereocenters. The first-order valence-corrected chi connectivity index (χ1v) is 7.93. The number of rotatable bonds is 3. The molecule has 2 aliphatic carbocycles. The van der Waals surface area contributed by atoms with Gasteiger partial charge < -0.3 is 10.4 Å². The van der Waals surface area contributed by atoms with Crippen LogP contribution in [0.1, 0.15) is 65.2 Å². The molecule has 0 bridgehead atoms. The van der Waals surface area contributed by atoms with Crippen LogP contribution in [-0.4, -0.2) is 23.0 Å². The van der Waals surface area contributed by atoms with Gasteiger partial charge in [0.25, 0.3) is 0 Å². The molecule has 1 amide bonds. The van der Waals surface area contributed by atoms with Crippen molar-refractivity contribution in [3.63, 3.8) is 0 Å². The first-order chi connectivity index (χ1) is 9.40. The van der Waals surface area contributed by atoms with Crippen LogP contribution in [0.3, 0.4) is 0 Å². The van der Waals surface area contributed by atoms with Crippen molar-refractivity contribution in [3.05, 3.63) is 0 Å². The molecule has 2 saturated carbocycles. The van der Waals surface area contributed by atoms with E-state index in [1.54, 1.807) is 0 Å². The summed E-state index contributed by atoms with van der Waals surface area (Å²) in [6.07, 6.45) is 7.46. The lowest BCUT2D eigenvalue weighted by Crippen LogP contribution is -2.46. The quantitative estimate of drug-likeness (QED) is 0.835. The van der Waals surface area contributed by atoms with E-state index in [4.69, 9.17) is 5.11 Å². The Labute approximate surface area is 121 Å². The maximum atomic E-state index is 12.5. The smallest absolute Gasteiger partial charge is 0.306 e. The van der Waals surface area contributed by atoms with E-state index in [0.717, 1.165) is 32.1 Å². The lowest BCUT2D eigenvalue weighted by molar-refractivity contribution is -0.142. The van der Waals surface area contributed by atoms with Crippen LogP contribution in [0.5, 0.6) is 0 Å². The second-order valence-corrected chi connectivity index (χ2v) is 7.18. The number of carboxylic acid groups (broad SMARTS) is 1. The van der Waals surface area contributed by atoms with Gasteiger partial charge in [-0.3, -0.25) is 9.59 Å². The van der Waals surface area contributed by atoms with Crippen LogP contribution in [0, 0.1) is 17.3 Å². The summed E-state index contributed by atoms with van der Waals surface area (Å²) in [7, 11) is 0. The minimum absolute atomic E-state index is 0.0978. The molecule has 0 aromatic heterocycles. The zero-order valence-corrected chi connectivity index (χ0v) is 12.7. The Balaban J connectivity index is 1.84. The molecule has 4 heteroatoms. The van der Waals surface area contributed by atoms with Crippen LogP contribution in [0.4, 0.5) is 0 Å². The molecule has 0 aromatic carbocycles. The van der Waals surface area contributed by atoms with Gasteiger partial charge >= 0.3 is 5.97 Å². The Morgan fingerprint density at radius 1 is 1.05 bits per heavy atom.